The number of nitrogens with one attached hydrogen (secondary N) is 1. The summed E-state index contributed by atoms with van der Waals surface area (Å²) in [6, 6.07) is 0. The zero-order chi connectivity index (χ0) is 19.4. The van der Waals surface area contributed by atoms with Crippen molar-refractivity contribution in [3.63, 3.8) is 0 Å². The first-order valence-corrected chi connectivity index (χ1v) is 11.7. The minimum Gasteiger partial charge on any atom is -0.369 e. The van der Waals surface area contributed by atoms with Crippen LogP contribution in [-0.4, -0.2) is 53.4 Å². The van der Waals surface area contributed by atoms with Gasteiger partial charge in [-0.1, -0.05) is 25.6 Å². The van der Waals surface area contributed by atoms with E-state index in [1.807, 2.05) is 0 Å². The molecule has 3 rings (SSSR count). The fourth-order valence-corrected chi connectivity index (χ4v) is 5.13. The molecular weight excluding hydrogens is 376 g/mol. The van der Waals surface area contributed by atoms with E-state index in [2.05, 4.69) is 45.1 Å². The van der Waals surface area contributed by atoms with Crippen LogP contribution in [0.5, 0.6) is 0 Å². The van der Waals surface area contributed by atoms with Crippen LogP contribution in [0.3, 0.4) is 0 Å². The van der Waals surface area contributed by atoms with Crippen molar-refractivity contribution in [2.24, 2.45) is 0 Å². The summed E-state index contributed by atoms with van der Waals surface area (Å²) in [7, 11) is 4.23. The molecule has 1 atom stereocenters. The summed E-state index contributed by atoms with van der Waals surface area (Å²) >= 11 is 3.53. The van der Waals surface area contributed by atoms with Crippen molar-refractivity contribution in [3.8, 4) is 0 Å². The lowest BCUT2D eigenvalue weighted by atomic mass is 9.90. The average Bonchev–Trinajstić information content (AvgIpc) is 3.00. The minimum atomic E-state index is -0.0845. The van der Waals surface area contributed by atoms with Gasteiger partial charge in [0.15, 0.2) is 5.16 Å². The molecule has 0 saturated heterocycles. The Morgan fingerprint density at radius 2 is 2.11 bits per heavy atom. The average molecular weight is 409 g/mol. The fraction of sp³-hybridized carbons (Fsp3) is 0.700. The van der Waals surface area contributed by atoms with Crippen LogP contribution in [0, 0.1) is 0 Å². The van der Waals surface area contributed by atoms with Gasteiger partial charge in [0.1, 0.15) is 10.6 Å². The first-order valence-electron chi connectivity index (χ1n) is 9.93. The molecule has 0 fully saturated rings. The summed E-state index contributed by atoms with van der Waals surface area (Å²) < 4.78 is 6.16. The van der Waals surface area contributed by atoms with Gasteiger partial charge in [-0.05, 0) is 52.4 Å². The lowest BCUT2D eigenvalue weighted by molar-refractivity contribution is -0.0542. The van der Waals surface area contributed by atoms with E-state index in [0.717, 1.165) is 60.3 Å². The Morgan fingerprint density at radius 3 is 2.81 bits per heavy atom. The Labute approximate surface area is 171 Å². The van der Waals surface area contributed by atoms with Crippen molar-refractivity contribution in [2.75, 3.05) is 38.3 Å². The van der Waals surface area contributed by atoms with Gasteiger partial charge in [0, 0.05) is 23.6 Å². The Hall–Kier alpha value is -0.890. The second-order valence-electron chi connectivity index (χ2n) is 7.74. The monoisotopic (exact) mass is 408 g/mol. The molecule has 0 saturated carbocycles. The number of anilines is 1. The fourth-order valence-electron chi connectivity index (χ4n) is 3.27. The summed E-state index contributed by atoms with van der Waals surface area (Å²) in [4.78, 5) is 14.4. The molecule has 0 aliphatic carbocycles. The number of fused-ring (bicyclic) bond motifs is 3. The van der Waals surface area contributed by atoms with Crippen LogP contribution >= 0.6 is 23.1 Å². The van der Waals surface area contributed by atoms with Gasteiger partial charge in [-0.3, -0.25) is 0 Å². The van der Waals surface area contributed by atoms with Crippen LogP contribution in [0.2, 0.25) is 0 Å². The van der Waals surface area contributed by atoms with E-state index in [0.29, 0.717) is 6.61 Å². The Kier molecular flexibility index (Phi) is 7.00. The molecule has 150 valence electrons. The van der Waals surface area contributed by atoms with Gasteiger partial charge < -0.3 is 15.0 Å². The molecule has 0 amide bonds. The van der Waals surface area contributed by atoms with Crippen molar-refractivity contribution in [1.29, 1.82) is 0 Å². The summed E-state index contributed by atoms with van der Waals surface area (Å²) in [5.74, 6) is 2.06. The Balaban J connectivity index is 1.94. The Morgan fingerprint density at radius 1 is 1.30 bits per heavy atom. The van der Waals surface area contributed by atoms with Gasteiger partial charge in [-0.15, -0.1) is 11.3 Å². The van der Waals surface area contributed by atoms with Crippen molar-refractivity contribution >= 4 is 39.1 Å². The number of ether oxygens (including phenoxy) is 1. The maximum absolute atomic E-state index is 6.16. The van der Waals surface area contributed by atoms with E-state index in [4.69, 9.17) is 14.7 Å². The number of aromatic nitrogens is 2. The highest BCUT2D eigenvalue weighted by molar-refractivity contribution is 7.99. The van der Waals surface area contributed by atoms with Gasteiger partial charge in [-0.2, -0.15) is 0 Å². The van der Waals surface area contributed by atoms with E-state index in [1.54, 1.807) is 23.1 Å². The molecule has 1 aliphatic rings. The summed E-state index contributed by atoms with van der Waals surface area (Å²) in [5.41, 5.74) is 1.31. The third kappa shape index (κ3) is 4.94. The van der Waals surface area contributed by atoms with E-state index >= 15 is 0 Å². The van der Waals surface area contributed by atoms with Gasteiger partial charge >= 0.3 is 0 Å². The number of hydrogen-bond donors (Lipinski definition) is 1. The highest BCUT2D eigenvalue weighted by Crippen LogP contribution is 2.42. The van der Waals surface area contributed by atoms with E-state index in [1.165, 1.54) is 15.8 Å². The summed E-state index contributed by atoms with van der Waals surface area (Å²) in [5, 5.41) is 5.73. The highest BCUT2D eigenvalue weighted by atomic mass is 32.2. The molecule has 0 spiro atoms. The third-order valence-electron chi connectivity index (χ3n) is 5.07. The number of hydrogen-bond acceptors (Lipinski definition) is 7. The number of thiophene rings is 1. The van der Waals surface area contributed by atoms with Crippen LogP contribution in [0.4, 0.5) is 5.82 Å². The first-order chi connectivity index (χ1) is 13.0. The van der Waals surface area contributed by atoms with Gasteiger partial charge in [0.05, 0.1) is 17.6 Å². The van der Waals surface area contributed by atoms with Crippen LogP contribution in [0.1, 0.15) is 50.5 Å². The third-order valence-corrected chi connectivity index (χ3v) is 7.23. The molecule has 2 aromatic rings. The quantitative estimate of drug-likeness (QED) is 0.365. The normalized spacial score (nSPS) is 19.6. The van der Waals surface area contributed by atoms with Crippen molar-refractivity contribution in [1.82, 2.24) is 14.9 Å². The van der Waals surface area contributed by atoms with E-state index in [9.17, 15) is 0 Å². The highest BCUT2D eigenvalue weighted by Gasteiger charge is 2.33. The van der Waals surface area contributed by atoms with E-state index in [-0.39, 0.29) is 5.60 Å². The summed E-state index contributed by atoms with van der Waals surface area (Å²) in [6.07, 6.45) is 4.18. The Bertz CT molecular complexity index is 777. The molecule has 1 aliphatic heterocycles. The largest absolute Gasteiger partial charge is 0.369 e. The standard InChI is InChI=1S/C20H32N4OS2/c1-6-11-26-19-22-17(21-9-8-10-24(4)5)16-14-12-20(3,7-2)25-13-15(14)27-18(16)23-19/h6-13H2,1-5H3,(H,21,22,23)/t20-/m1/s1. The predicted octanol–water partition coefficient (Wildman–Crippen LogP) is 4.80. The SMILES string of the molecule is CCCSc1nc(NCCCN(C)C)c2c3c(sc2n1)CO[C@](C)(CC)C3. The van der Waals surface area contributed by atoms with Crippen LogP contribution in [-0.2, 0) is 17.8 Å². The lowest BCUT2D eigenvalue weighted by Gasteiger charge is -2.33. The van der Waals surface area contributed by atoms with Crippen LogP contribution < -0.4 is 5.32 Å². The molecule has 2 aromatic heterocycles. The van der Waals surface area contributed by atoms with Gasteiger partial charge in [0.25, 0.3) is 0 Å². The van der Waals surface area contributed by atoms with Gasteiger partial charge in [0.2, 0.25) is 0 Å². The topological polar surface area (TPSA) is 50.3 Å². The van der Waals surface area contributed by atoms with Crippen molar-refractivity contribution < 1.29 is 4.74 Å². The molecule has 27 heavy (non-hydrogen) atoms. The molecule has 3 heterocycles. The second kappa shape index (κ2) is 9.07. The van der Waals surface area contributed by atoms with Crippen LogP contribution in [0.15, 0.2) is 5.16 Å². The van der Waals surface area contributed by atoms with E-state index < -0.39 is 0 Å². The first kappa shape index (κ1) is 20.8. The zero-order valence-corrected chi connectivity index (χ0v) is 18.9. The number of thioether (sulfide) groups is 1. The van der Waals surface area contributed by atoms with Gasteiger partial charge in [-0.25, -0.2) is 9.97 Å². The molecule has 0 radical (unpaired) electrons. The second-order valence-corrected chi connectivity index (χ2v) is 9.89. The molecule has 1 N–H and O–H groups in total. The maximum atomic E-state index is 6.16. The van der Waals surface area contributed by atoms with Crippen LogP contribution in [0.25, 0.3) is 10.2 Å². The molecule has 0 unspecified atom stereocenters. The number of rotatable bonds is 9. The molecule has 7 heteroatoms. The summed E-state index contributed by atoms with van der Waals surface area (Å²) in [6.45, 7) is 9.30. The minimum absolute atomic E-state index is 0.0845. The van der Waals surface area contributed by atoms with Crippen molar-refractivity contribution in [2.45, 2.75) is 63.8 Å². The molecule has 5 nitrogen and oxygen atoms in total. The number of nitrogens with zero attached hydrogens (tertiary/aromatic N) is 3. The maximum Gasteiger partial charge on any atom is 0.190 e. The predicted molar refractivity (Wildman–Crippen MR) is 117 cm³/mol. The molecule has 0 aromatic carbocycles. The molecular formula is C20H32N4OS2. The molecule has 0 bridgehead atoms. The zero-order valence-electron chi connectivity index (χ0n) is 17.2. The van der Waals surface area contributed by atoms with Crippen molar-refractivity contribution in [3.05, 3.63) is 10.4 Å². The smallest absolute Gasteiger partial charge is 0.190 e. The lowest BCUT2D eigenvalue weighted by Crippen LogP contribution is -2.34.